The fourth-order valence-electron chi connectivity index (χ4n) is 2.93. The standard InChI is InChI=1S/C16H34N2O/c1-7-16(5)14(12-15(16)19-8-2)17-10-9-11-18(6)13(3)4/h13-15,17H,7-12H2,1-6H3. The highest BCUT2D eigenvalue weighted by Gasteiger charge is 2.50. The molecule has 0 aromatic carbocycles. The average Bonchev–Trinajstić information content (AvgIpc) is 2.39. The first-order valence-electron chi connectivity index (χ1n) is 8.00. The third-order valence-corrected chi connectivity index (χ3v) is 5.07. The Morgan fingerprint density at radius 3 is 2.58 bits per heavy atom. The molecule has 0 heterocycles. The van der Waals surface area contributed by atoms with Gasteiger partial charge in [-0.3, -0.25) is 0 Å². The largest absolute Gasteiger partial charge is 0.378 e. The Kier molecular flexibility index (Phi) is 6.78. The smallest absolute Gasteiger partial charge is 0.0658 e. The molecule has 0 radical (unpaired) electrons. The molecule has 0 bridgehead atoms. The van der Waals surface area contributed by atoms with E-state index < -0.39 is 0 Å². The lowest BCUT2D eigenvalue weighted by Gasteiger charge is -2.54. The summed E-state index contributed by atoms with van der Waals surface area (Å²) < 4.78 is 5.84. The zero-order chi connectivity index (χ0) is 14.5. The molecule has 0 aliphatic heterocycles. The van der Waals surface area contributed by atoms with Gasteiger partial charge in [0.1, 0.15) is 0 Å². The predicted octanol–water partition coefficient (Wildman–Crippen LogP) is 2.90. The van der Waals surface area contributed by atoms with Crippen LogP contribution in [0, 0.1) is 5.41 Å². The number of nitrogens with one attached hydrogen (secondary N) is 1. The van der Waals surface area contributed by atoms with Crippen LogP contribution in [0.15, 0.2) is 0 Å². The topological polar surface area (TPSA) is 24.5 Å². The molecule has 0 aromatic heterocycles. The summed E-state index contributed by atoms with van der Waals surface area (Å²) in [6, 6.07) is 1.28. The molecule has 1 aliphatic rings. The van der Waals surface area contributed by atoms with Gasteiger partial charge in [-0.25, -0.2) is 0 Å². The molecule has 1 aliphatic carbocycles. The molecule has 19 heavy (non-hydrogen) atoms. The maximum atomic E-state index is 5.84. The van der Waals surface area contributed by atoms with Crippen molar-refractivity contribution in [2.45, 2.75) is 72.1 Å². The van der Waals surface area contributed by atoms with E-state index in [0.29, 0.717) is 23.6 Å². The van der Waals surface area contributed by atoms with Gasteiger partial charge in [0.2, 0.25) is 0 Å². The monoisotopic (exact) mass is 270 g/mol. The molecule has 1 saturated carbocycles. The molecule has 3 nitrogen and oxygen atoms in total. The van der Waals surface area contributed by atoms with E-state index in [1.807, 2.05) is 0 Å². The maximum absolute atomic E-state index is 5.84. The first kappa shape index (κ1) is 16.9. The molecule has 3 unspecified atom stereocenters. The van der Waals surface area contributed by atoms with Crippen molar-refractivity contribution in [3.63, 3.8) is 0 Å². The van der Waals surface area contributed by atoms with Gasteiger partial charge in [-0.1, -0.05) is 13.8 Å². The summed E-state index contributed by atoms with van der Waals surface area (Å²) in [6.45, 7) is 14.4. The molecule has 3 heteroatoms. The van der Waals surface area contributed by atoms with Crippen LogP contribution in [0.4, 0.5) is 0 Å². The van der Waals surface area contributed by atoms with Gasteiger partial charge in [0, 0.05) is 24.1 Å². The van der Waals surface area contributed by atoms with Crippen LogP contribution in [-0.2, 0) is 4.74 Å². The van der Waals surface area contributed by atoms with E-state index in [1.54, 1.807) is 0 Å². The van der Waals surface area contributed by atoms with Gasteiger partial charge < -0.3 is 15.0 Å². The molecule has 3 atom stereocenters. The molecule has 0 saturated heterocycles. The second-order valence-corrected chi connectivity index (χ2v) is 6.47. The van der Waals surface area contributed by atoms with E-state index in [9.17, 15) is 0 Å². The van der Waals surface area contributed by atoms with Crippen molar-refractivity contribution in [1.29, 1.82) is 0 Å². The van der Waals surface area contributed by atoms with Crippen molar-refractivity contribution in [1.82, 2.24) is 10.2 Å². The van der Waals surface area contributed by atoms with Crippen molar-refractivity contribution in [2.24, 2.45) is 5.41 Å². The molecule has 1 fully saturated rings. The Balaban J connectivity index is 2.24. The summed E-state index contributed by atoms with van der Waals surface area (Å²) in [5, 5.41) is 3.74. The van der Waals surface area contributed by atoms with Crippen LogP contribution in [0.2, 0.25) is 0 Å². The minimum atomic E-state index is 0.333. The summed E-state index contributed by atoms with van der Waals surface area (Å²) >= 11 is 0. The molecule has 1 N–H and O–H groups in total. The van der Waals surface area contributed by atoms with E-state index >= 15 is 0 Å². The quantitative estimate of drug-likeness (QED) is 0.652. The van der Waals surface area contributed by atoms with Gasteiger partial charge >= 0.3 is 0 Å². The highest BCUT2D eigenvalue weighted by molar-refractivity contribution is 5.04. The zero-order valence-electron chi connectivity index (χ0n) is 13.8. The van der Waals surface area contributed by atoms with E-state index in [4.69, 9.17) is 4.74 Å². The summed E-state index contributed by atoms with van der Waals surface area (Å²) in [5.41, 5.74) is 0.333. The van der Waals surface area contributed by atoms with Gasteiger partial charge in [-0.15, -0.1) is 0 Å². The summed E-state index contributed by atoms with van der Waals surface area (Å²) in [4.78, 5) is 2.41. The molecule has 0 amide bonds. The second kappa shape index (κ2) is 7.61. The summed E-state index contributed by atoms with van der Waals surface area (Å²) in [5.74, 6) is 0. The fourth-order valence-corrected chi connectivity index (χ4v) is 2.93. The van der Waals surface area contributed by atoms with Crippen LogP contribution in [0.5, 0.6) is 0 Å². The van der Waals surface area contributed by atoms with Gasteiger partial charge in [-0.2, -0.15) is 0 Å². The molecular formula is C16H34N2O. The Bertz CT molecular complexity index is 257. The lowest BCUT2D eigenvalue weighted by molar-refractivity contribution is -0.125. The van der Waals surface area contributed by atoms with Gasteiger partial charge in [0.15, 0.2) is 0 Å². The Morgan fingerprint density at radius 1 is 1.37 bits per heavy atom. The first-order chi connectivity index (χ1) is 8.95. The van der Waals surface area contributed by atoms with Crippen molar-refractivity contribution >= 4 is 0 Å². The molecule has 0 spiro atoms. The number of rotatable bonds is 9. The van der Waals surface area contributed by atoms with Crippen LogP contribution < -0.4 is 5.32 Å². The second-order valence-electron chi connectivity index (χ2n) is 6.47. The number of hydrogen-bond acceptors (Lipinski definition) is 3. The van der Waals surface area contributed by atoms with E-state index in [1.165, 1.54) is 25.8 Å². The van der Waals surface area contributed by atoms with E-state index in [2.05, 4.69) is 51.9 Å². The Morgan fingerprint density at radius 2 is 2.05 bits per heavy atom. The van der Waals surface area contributed by atoms with Gasteiger partial charge in [0.25, 0.3) is 0 Å². The van der Waals surface area contributed by atoms with Crippen LogP contribution >= 0.6 is 0 Å². The van der Waals surface area contributed by atoms with Crippen molar-refractivity contribution in [3.05, 3.63) is 0 Å². The van der Waals surface area contributed by atoms with Crippen LogP contribution in [-0.4, -0.2) is 49.8 Å². The molecule has 0 aromatic rings. The number of nitrogens with zero attached hydrogens (tertiary/aromatic N) is 1. The van der Waals surface area contributed by atoms with Crippen molar-refractivity contribution < 1.29 is 4.74 Å². The lowest BCUT2D eigenvalue weighted by atomic mass is 9.61. The predicted molar refractivity (Wildman–Crippen MR) is 82.6 cm³/mol. The minimum Gasteiger partial charge on any atom is -0.378 e. The minimum absolute atomic E-state index is 0.333. The third-order valence-electron chi connectivity index (χ3n) is 5.07. The Hall–Kier alpha value is -0.120. The third kappa shape index (κ3) is 4.17. The van der Waals surface area contributed by atoms with Gasteiger partial charge in [-0.05, 0) is 60.2 Å². The van der Waals surface area contributed by atoms with Crippen LogP contribution in [0.25, 0.3) is 0 Å². The normalized spacial score (nSPS) is 30.9. The lowest BCUT2D eigenvalue weighted by Crippen LogP contribution is -2.62. The van der Waals surface area contributed by atoms with Crippen LogP contribution in [0.1, 0.15) is 53.9 Å². The maximum Gasteiger partial charge on any atom is 0.0658 e. The first-order valence-corrected chi connectivity index (χ1v) is 8.00. The van der Waals surface area contributed by atoms with Gasteiger partial charge in [0.05, 0.1) is 6.10 Å². The van der Waals surface area contributed by atoms with Crippen molar-refractivity contribution in [3.8, 4) is 0 Å². The highest BCUT2D eigenvalue weighted by Crippen LogP contribution is 2.45. The van der Waals surface area contributed by atoms with E-state index in [0.717, 1.165) is 13.2 Å². The number of ether oxygens (including phenoxy) is 1. The average molecular weight is 270 g/mol. The summed E-state index contributed by atoms with van der Waals surface area (Å²) in [7, 11) is 2.20. The number of hydrogen-bond donors (Lipinski definition) is 1. The Labute approximate surface area is 120 Å². The molecule has 1 rings (SSSR count). The van der Waals surface area contributed by atoms with Crippen LogP contribution in [0.3, 0.4) is 0 Å². The van der Waals surface area contributed by atoms with Crippen molar-refractivity contribution in [2.75, 3.05) is 26.7 Å². The summed E-state index contributed by atoms with van der Waals surface area (Å²) in [6.07, 6.45) is 4.06. The zero-order valence-corrected chi connectivity index (χ0v) is 13.8. The van der Waals surface area contributed by atoms with E-state index in [-0.39, 0.29) is 0 Å². The highest BCUT2D eigenvalue weighted by atomic mass is 16.5. The molecular weight excluding hydrogens is 236 g/mol. The SMILES string of the molecule is CCOC1CC(NCCCN(C)C(C)C)C1(C)CC. The molecule has 114 valence electrons. The fraction of sp³-hybridized carbons (Fsp3) is 1.00.